The molecule has 0 aliphatic heterocycles. The molecule has 0 spiro atoms. The smallest absolute Gasteiger partial charge is 0.412 e. The second-order valence-corrected chi connectivity index (χ2v) is 6.40. The molecule has 7 heteroatoms. The van der Waals surface area contributed by atoms with E-state index < -0.39 is 11.7 Å². The molecule has 0 aromatic carbocycles. The highest BCUT2D eigenvalue weighted by atomic mass is 16.6. The summed E-state index contributed by atoms with van der Waals surface area (Å²) >= 11 is 0. The van der Waals surface area contributed by atoms with Crippen molar-refractivity contribution in [3.63, 3.8) is 0 Å². The van der Waals surface area contributed by atoms with Crippen molar-refractivity contribution in [1.82, 2.24) is 19.7 Å². The van der Waals surface area contributed by atoms with Crippen LogP contribution in [0.3, 0.4) is 0 Å². The molecule has 1 N–H and O–H groups in total. The van der Waals surface area contributed by atoms with Crippen molar-refractivity contribution in [2.45, 2.75) is 26.4 Å². The lowest BCUT2D eigenvalue weighted by atomic mass is 10.2. The highest BCUT2D eigenvalue weighted by Crippen LogP contribution is 2.21. The minimum atomic E-state index is -0.548. The van der Waals surface area contributed by atoms with Crippen LogP contribution in [-0.2, 0) is 4.74 Å². The SMILES string of the molecule is CC(C)(C)OC(=O)Nc1ccc(-c2ccnn2-c2cccnc2)nc1. The molecule has 3 heterocycles. The van der Waals surface area contributed by atoms with Gasteiger partial charge in [-0.05, 0) is 51.1 Å². The monoisotopic (exact) mass is 337 g/mol. The molecule has 0 atom stereocenters. The zero-order valence-corrected chi connectivity index (χ0v) is 14.3. The number of ether oxygens (including phenoxy) is 1. The van der Waals surface area contributed by atoms with Gasteiger partial charge in [0.1, 0.15) is 5.60 Å². The second kappa shape index (κ2) is 6.72. The molecule has 7 nitrogen and oxygen atoms in total. The molecule has 0 saturated heterocycles. The average molecular weight is 337 g/mol. The van der Waals surface area contributed by atoms with E-state index in [1.165, 1.54) is 0 Å². The van der Waals surface area contributed by atoms with Crippen LogP contribution in [-0.4, -0.2) is 31.4 Å². The molecule has 0 saturated carbocycles. The van der Waals surface area contributed by atoms with Crippen LogP contribution in [0.5, 0.6) is 0 Å². The highest BCUT2D eigenvalue weighted by molar-refractivity contribution is 5.84. The first-order valence-electron chi connectivity index (χ1n) is 7.83. The lowest BCUT2D eigenvalue weighted by Crippen LogP contribution is -2.27. The van der Waals surface area contributed by atoms with E-state index in [0.717, 1.165) is 17.1 Å². The maximum Gasteiger partial charge on any atom is 0.412 e. The van der Waals surface area contributed by atoms with Crippen LogP contribution >= 0.6 is 0 Å². The van der Waals surface area contributed by atoms with Gasteiger partial charge in [0.25, 0.3) is 0 Å². The molecule has 128 valence electrons. The van der Waals surface area contributed by atoms with Crippen molar-refractivity contribution in [1.29, 1.82) is 0 Å². The largest absolute Gasteiger partial charge is 0.444 e. The number of amides is 1. The Hall–Kier alpha value is -3.22. The molecule has 3 aromatic heterocycles. The van der Waals surface area contributed by atoms with Crippen molar-refractivity contribution >= 4 is 11.8 Å². The topological polar surface area (TPSA) is 81.9 Å². The third kappa shape index (κ3) is 4.20. The van der Waals surface area contributed by atoms with Gasteiger partial charge in [0, 0.05) is 6.20 Å². The summed E-state index contributed by atoms with van der Waals surface area (Å²) in [5.74, 6) is 0. The number of carbonyl (C=O) groups excluding carboxylic acids is 1. The van der Waals surface area contributed by atoms with Gasteiger partial charge in [-0.15, -0.1) is 0 Å². The summed E-state index contributed by atoms with van der Waals surface area (Å²) in [6.45, 7) is 5.44. The number of hydrogen-bond acceptors (Lipinski definition) is 5. The normalized spacial score (nSPS) is 11.2. The first kappa shape index (κ1) is 16.6. The number of nitrogens with zero attached hydrogens (tertiary/aromatic N) is 4. The molecule has 0 radical (unpaired) electrons. The van der Waals surface area contributed by atoms with E-state index in [1.807, 2.05) is 45.0 Å². The summed E-state index contributed by atoms with van der Waals surface area (Å²) in [6.07, 6.45) is 6.22. The average Bonchev–Trinajstić information content (AvgIpc) is 3.04. The fraction of sp³-hybridized carbons (Fsp3) is 0.222. The molecule has 3 rings (SSSR count). The summed E-state index contributed by atoms with van der Waals surface area (Å²) in [6, 6.07) is 9.23. The predicted molar refractivity (Wildman–Crippen MR) is 94.4 cm³/mol. The van der Waals surface area contributed by atoms with E-state index in [9.17, 15) is 4.79 Å². The minimum absolute atomic E-state index is 0.512. The maximum atomic E-state index is 11.8. The standard InChI is InChI=1S/C18H19N5O2/c1-18(2,3)25-17(24)22-13-6-7-15(20-11-13)16-8-10-21-23(16)14-5-4-9-19-12-14/h4-12H,1-3H3,(H,22,24). The van der Waals surface area contributed by atoms with Gasteiger partial charge in [0.05, 0.1) is 41.4 Å². The highest BCUT2D eigenvalue weighted by Gasteiger charge is 2.16. The van der Waals surface area contributed by atoms with Crippen molar-refractivity contribution in [3.05, 3.63) is 55.1 Å². The number of aromatic nitrogens is 4. The van der Waals surface area contributed by atoms with Gasteiger partial charge >= 0.3 is 6.09 Å². The molecule has 0 aliphatic rings. The Bertz CT molecular complexity index is 851. The molecule has 3 aromatic rings. The van der Waals surface area contributed by atoms with Crippen molar-refractivity contribution in [2.75, 3.05) is 5.32 Å². The van der Waals surface area contributed by atoms with E-state index in [2.05, 4.69) is 20.4 Å². The zero-order valence-electron chi connectivity index (χ0n) is 14.3. The van der Waals surface area contributed by atoms with Gasteiger partial charge < -0.3 is 4.74 Å². The fourth-order valence-electron chi connectivity index (χ4n) is 2.22. The maximum absolute atomic E-state index is 11.8. The van der Waals surface area contributed by atoms with Gasteiger partial charge in [-0.3, -0.25) is 15.3 Å². The molecule has 25 heavy (non-hydrogen) atoms. The van der Waals surface area contributed by atoms with Crippen molar-refractivity contribution in [2.24, 2.45) is 0 Å². The lowest BCUT2D eigenvalue weighted by Gasteiger charge is -2.19. The van der Waals surface area contributed by atoms with E-state index in [1.54, 1.807) is 35.5 Å². The van der Waals surface area contributed by atoms with E-state index in [0.29, 0.717) is 5.69 Å². The van der Waals surface area contributed by atoms with Gasteiger partial charge in [0.15, 0.2) is 0 Å². The number of anilines is 1. The molecule has 1 amide bonds. The Balaban J connectivity index is 1.78. The predicted octanol–water partition coefficient (Wildman–Crippen LogP) is 3.68. The third-order valence-corrected chi connectivity index (χ3v) is 3.20. The van der Waals surface area contributed by atoms with E-state index in [4.69, 9.17) is 4.74 Å². The Morgan fingerprint density at radius 3 is 2.60 bits per heavy atom. The first-order chi connectivity index (χ1) is 11.9. The van der Waals surface area contributed by atoms with Gasteiger partial charge in [-0.1, -0.05) is 0 Å². The Kier molecular flexibility index (Phi) is 4.47. The summed E-state index contributed by atoms with van der Waals surface area (Å²) in [5, 5.41) is 6.98. The Labute approximate surface area is 145 Å². The molecule has 0 unspecified atom stereocenters. The molecular formula is C18H19N5O2. The molecule has 0 aliphatic carbocycles. The van der Waals surface area contributed by atoms with Gasteiger partial charge in [-0.25, -0.2) is 9.48 Å². The van der Waals surface area contributed by atoms with E-state index >= 15 is 0 Å². The molecular weight excluding hydrogens is 318 g/mol. The lowest BCUT2D eigenvalue weighted by molar-refractivity contribution is 0.0636. The molecule has 0 bridgehead atoms. The number of rotatable bonds is 3. The molecule has 0 fully saturated rings. The summed E-state index contributed by atoms with van der Waals surface area (Å²) in [4.78, 5) is 20.3. The second-order valence-electron chi connectivity index (χ2n) is 6.40. The first-order valence-corrected chi connectivity index (χ1v) is 7.83. The zero-order chi connectivity index (χ0) is 17.9. The summed E-state index contributed by atoms with van der Waals surface area (Å²) in [5.41, 5.74) is 2.42. The number of nitrogens with one attached hydrogen (secondary N) is 1. The summed E-state index contributed by atoms with van der Waals surface area (Å²) in [7, 11) is 0. The van der Waals surface area contributed by atoms with E-state index in [-0.39, 0.29) is 0 Å². The van der Waals surface area contributed by atoms with Crippen molar-refractivity contribution in [3.8, 4) is 17.1 Å². The van der Waals surface area contributed by atoms with Crippen LogP contribution in [0.15, 0.2) is 55.1 Å². The third-order valence-electron chi connectivity index (χ3n) is 3.20. The van der Waals surface area contributed by atoms with Gasteiger partial charge in [-0.2, -0.15) is 5.10 Å². The summed E-state index contributed by atoms with van der Waals surface area (Å²) < 4.78 is 6.98. The Morgan fingerprint density at radius 1 is 1.12 bits per heavy atom. The Morgan fingerprint density at radius 2 is 1.96 bits per heavy atom. The van der Waals surface area contributed by atoms with Crippen LogP contribution in [0, 0.1) is 0 Å². The van der Waals surface area contributed by atoms with Crippen LogP contribution in [0.2, 0.25) is 0 Å². The number of carbonyl (C=O) groups is 1. The van der Waals surface area contributed by atoms with Crippen LogP contribution in [0.4, 0.5) is 10.5 Å². The van der Waals surface area contributed by atoms with Crippen LogP contribution in [0.1, 0.15) is 20.8 Å². The van der Waals surface area contributed by atoms with Crippen LogP contribution < -0.4 is 5.32 Å². The minimum Gasteiger partial charge on any atom is -0.444 e. The van der Waals surface area contributed by atoms with Gasteiger partial charge in [0.2, 0.25) is 0 Å². The number of hydrogen-bond donors (Lipinski definition) is 1. The number of pyridine rings is 2. The quantitative estimate of drug-likeness (QED) is 0.788. The van der Waals surface area contributed by atoms with Crippen LogP contribution in [0.25, 0.3) is 17.1 Å². The van der Waals surface area contributed by atoms with Crippen molar-refractivity contribution < 1.29 is 9.53 Å². The fourth-order valence-corrected chi connectivity index (χ4v) is 2.22.